The monoisotopic (exact) mass is 238 g/mol. The van der Waals surface area contributed by atoms with E-state index in [4.69, 9.17) is 4.74 Å². The first kappa shape index (κ1) is 7.54. The SMILES string of the molecule is COC1CC=C(I)CC1. The standard InChI is InChI=1S/C7H11IO/c1-9-7-4-2-6(8)3-5-7/h2,7H,3-5H2,1H3. The van der Waals surface area contributed by atoms with E-state index in [0.29, 0.717) is 6.10 Å². The minimum absolute atomic E-state index is 0.489. The van der Waals surface area contributed by atoms with E-state index in [1.807, 2.05) is 0 Å². The summed E-state index contributed by atoms with van der Waals surface area (Å²) in [6, 6.07) is 0. The molecule has 0 aromatic carbocycles. The molecule has 0 bridgehead atoms. The first-order valence-corrected chi connectivity index (χ1v) is 4.28. The van der Waals surface area contributed by atoms with Crippen LogP contribution in [0.4, 0.5) is 0 Å². The van der Waals surface area contributed by atoms with Gasteiger partial charge in [0.1, 0.15) is 0 Å². The lowest BCUT2D eigenvalue weighted by molar-refractivity contribution is 0.0952. The summed E-state index contributed by atoms with van der Waals surface area (Å²) >= 11 is 2.39. The van der Waals surface area contributed by atoms with Crippen LogP contribution in [0.2, 0.25) is 0 Å². The highest BCUT2D eigenvalue weighted by molar-refractivity contribution is 14.1. The van der Waals surface area contributed by atoms with Gasteiger partial charge >= 0.3 is 0 Å². The molecule has 0 fully saturated rings. The fourth-order valence-corrected chi connectivity index (χ4v) is 1.56. The Morgan fingerprint density at radius 2 is 2.56 bits per heavy atom. The highest BCUT2D eigenvalue weighted by atomic mass is 127. The van der Waals surface area contributed by atoms with Crippen molar-refractivity contribution in [2.24, 2.45) is 0 Å². The smallest absolute Gasteiger partial charge is 0.0609 e. The molecule has 52 valence electrons. The van der Waals surface area contributed by atoms with Crippen LogP contribution in [-0.4, -0.2) is 13.2 Å². The summed E-state index contributed by atoms with van der Waals surface area (Å²) in [4.78, 5) is 0. The summed E-state index contributed by atoms with van der Waals surface area (Å²) in [5, 5.41) is 0. The fraction of sp³-hybridized carbons (Fsp3) is 0.714. The molecule has 1 atom stereocenters. The van der Waals surface area contributed by atoms with E-state index >= 15 is 0 Å². The van der Waals surface area contributed by atoms with Crippen LogP contribution in [0.5, 0.6) is 0 Å². The molecule has 1 nitrogen and oxygen atoms in total. The van der Waals surface area contributed by atoms with Crippen molar-refractivity contribution < 1.29 is 4.74 Å². The number of allylic oxidation sites excluding steroid dienone is 1. The van der Waals surface area contributed by atoms with E-state index in [0.717, 1.165) is 6.42 Å². The molecule has 1 unspecified atom stereocenters. The molecule has 1 aliphatic carbocycles. The van der Waals surface area contributed by atoms with Crippen LogP contribution in [0.25, 0.3) is 0 Å². The second-order valence-corrected chi connectivity index (χ2v) is 3.67. The average Bonchev–Trinajstić information content (AvgIpc) is 1.90. The van der Waals surface area contributed by atoms with Crippen LogP contribution in [0.15, 0.2) is 9.66 Å². The number of rotatable bonds is 1. The molecule has 0 radical (unpaired) electrons. The molecule has 0 N–H and O–H groups in total. The van der Waals surface area contributed by atoms with Gasteiger partial charge in [-0.25, -0.2) is 0 Å². The Morgan fingerprint density at radius 3 is 3.00 bits per heavy atom. The Bertz CT molecular complexity index is 120. The molecule has 0 aliphatic heterocycles. The van der Waals surface area contributed by atoms with Gasteiger partial charge in [-0.3, -0.25) is 0 Å². The fourth-order valence-electron chi connectivity index (χ4n) is 0.992. The zero-order chi connectivity index (χ0) is 6.69. The molecule has 0 aromatic rings. The Labute approximate surface area is 69.6 Å². The maximum absolute atomic E-state index is 5.19. The van der Waals surface area contributed by atoms with E-state index in [2.05, 4.69) is 28.7 Å². The van der Waals surface area contributed by atoms with Crippen molar-refractivity contribution in [2.75, 3.05) is 7.11 Å². The lowest BCUT2D eigenvalue weighted by Gasteiger charge is -2.17. The molecule has 0 saturated carbocycles. The van der Waals surface area contributed by atoms with E-state index in [9.17, 15) is 0 Å². The molecule has 2 heteroatoms. The van der Waals surface area contributed by atoms with Crippen LogP contribution < -0.4 is 0 Å². The van der Waals surface area contributed by atoms with Crippen molar-refractivity contribution in [1.29, 1.82) is 0 Å². The largest absolute Gasteiger partial charge is 0.381 e. The van der Waals surface area contributed by atoms with Crippen LogP contribution in [0, 0.1) is 0 Å². The predicted octanol–water partition coefficient (Wildman–Crippen LogP) is 2.50. The number of hydrogen-bond donors (Lipinski definition) is 0. The van der Waals surface area contributed by atoms with Gasteiger partial charge in [-0.1, -0.05) is 6.08 Å². The zero-order valence-corrected chi connectivity index (χ0v) is 7.72. The third-order valence-corrected chi connectivity index (χ3v) is 2.62. The van der Waals surface area contributed by atoms with Crippen molar-refractivity contribution in [3.63, 3.8) is 0 Å². The molecule has 0 heterocycles. The lowest BCUT2D eigenvalue weighted by Crippen LogP contribution is -2.11. The first-order chi connectivity index (χ1) is 4.33. The van der Waals surface area contributed by atoms with Gasteiger partial charge < -0.3 is 4.74 Å². The van der Waals surface area contributed by atoms with Gasteiger partial charge in [0, 0.05) is 7.11 Å². The van der Waals surface area contributed by atoms with Crippen molar-refractivity contribution in [1.82, 2.24) is 0 Å². The summed E-state index contributed by atoms with van der Waals surface area (Å²) in [6.45, 7) is 0. The van der Waals surface area contributed by atoms with Crippen molar-refractivity contribution in [3.05, 3.63) is 9.66 Å². The Hall–Kier alpha value is 0.430. The molecule has 0 aromatic heterocycles. The Morgan fingerprint density at radius 1 is 1.78 bits per heavy atom. The maximum atomic E-state index is 5.19. The summed E-state index contributed by atoms with van der Waals surface area (Å²) < 4.78 is 6.68. The first-order valence-electron chi connectivity index (χ1n) is 3.20. The maximum Gasteiger partial charge on any atom is 0.0609 e. The Balaban J connectivity index is 2.36. The molecule has 0 amide bonds. The average molecular weight is 238 g/mol. The summed E-state index contributed by atoms with van der Waals surface area (Å²) in [7, 11) is 1.79. The molecular weight excluding hydrogens is 227 g/mol. The van der Waals surface area contributed by atoms with Crippen LogP contribution in [0.3, 0.4) is 0 Å². The van der Waals surface area contributed by atoms with Gasteiger partial charge in [0.25, 0.3) is 0 Å². The number of ether oxygens (including phenoxy) is 1. The summed E-state index contributed by atoms with van der Waals surface area (Å²) in [5.41, 5.74) is 0. The van der Waals surface area contributed by atoms with Crippen molar-refractivity contribution in [3.8, 4) is 0 Å². The summed E-state index contributed by atoms with van der Waals surface area (Å²) in [6.07, 6.45) is 6.26. The highest BCUT2D eigenvalue weighted by Crippen LogP contribution is 2.24. The molecule has 9 heavy (non-hydrogen) atoms. The van der Waals surface area contributed by atoms with E-state index in [1.165, 1.54) is 16.4 Å². The topological polar surface area (TPSA) is 9.23 Å². The van der Waals surface area contributed by atoms with Gasteiger partial charge in [0.15, 0.2) is 0 Å². The predicted molar refractivity (Wildman–Crippen MR) is 46.8 cm³/mol. The quantitative estimate of drug-likeness (QED) is 0.638. The van der Waals surface area contributed by atoms with Crippen molar-refractivity contribution in [2.45, 2.75) is 25.4 Å². The number of hydrogen-bond acceptors (Lipinski definition) is 1. The molecule has 0 saturated heterocycles. The normalized spacial score (nSPS) is 27.8. The second-order valence-electron chi connectivity index (χ2n) is 2.28. The molecular formula is C7H11IO. The van der Waals surface area contributed by atoms with E-state index in [1.54, 1.807) is 7.11 Å². The molecule has 1 aliphatic rings. The third kappa shape index (κ3) is 2.26. The van der Waals surface area contributed by atoms with Crippen LogP contribution >= 0.6 is 22.6 Å². The molecule has 1 rings (SSSR count). The van der Waals surface area contributed by atoms with Gasteiger partial charge in [0.2, 0.25) is 0 Å². The second kappa shape index (κ2) is 3.56. The molecule has 0 spiro atoms. The van der Waals surface area contributed by atoms with Gasteiger partial charge in [-0.15, -0.1) is 0 Å². The lowest BCUT2D eigenvalue weighted by atomic mass is 10.1. The third-order valence-electron chi connectivity index (χ3n) is 1.64. The van der Waals surface area contributed by atoms with Gasteiger partial charge in [-0.2, -0.15) is 0 Å². The summed E-state index contributed by atoms with van der Waals surface area (Å²) in [5.74, 6) is 0. The van der Waals surface area contributed by atoms with Crippen LogP contribution in [0.1, 0.15) is 19.3 Å². The zero-order valence-electron chi connectivity index (χ0n) is 5.56. The van der Waals surface area contributed by atoms with Gasteiger partial charge in [-0.05, 0) is 45.4 Å². The van der Waals surface area contributed by atoms with Gasteiger partial charge in [0.05, 0.1) is 6.10 Å². The van der Waals surface area contributed by atoms with E-state index < -0.39 is 0 Å². The Kier molecular flexibility index (Phi) is 2.98. The minimum atomic E-state index is 0.489. The van der Waals surface area contributed by atoms with E-state index in [-0.39, 0.29) is 0 Å². The van der Waals surface area contributed by atoms with Crippen molar-refractivity contribution >= 4 is 22.6 Å². The minimum Gasteiger partial charge on any atom is -0.381 e. The number of halogens is 1. The number of methoxy groups -OCH3 is 1. The highest BCUT2D eigenvalue weighted by Gasteiger charge is 2.10. The van der Waals surface area contributed by atoms with Crippen LogP contribution in [-0.2, 0) is 4.74 Å².